The van der Waals surface area contributed by atoms with E-state index in [1.165, 1.54) is 11.8 Å². The summed E-state index contributed by atoms with van der Waals surface area (Å²) in [6, 6.07) is 4.98. The second-order valence-corrected chi connectivity index (χ2v) is 6.65. The molecule has 4 nitrogen and oxygen atoms in total. The average Bonchev–Trinajstić information content (AvgIpc) is 2.49. The molecule has 0 aliphatic carbocycles. The highest BCUT2D eigenvalue weighted by Crippen LogP contribution is 2.25. The number of benzene rings is 1. The van der Waals surface area contributed by atoms with Crippen molar-refractivity contribution in [2.75, 3.05) is 11.6 Å². The highest BCUT2D eigenvalue weighted by atomic mass is 35.5. The van der Waals surface area contributed by atoms with Crippen LogP contribution in [0.15, 0.2) is 23.4 Å². The number of hydrogen-bond donors (Lipinski definition) is 1. The van der Waals surface area contributed by atoms with Crippen molar-refractivity contribution in [1.29, 1.82) is 0 Å². The van der Waals surface area contributed by atoms with Gasteiger partial charge < -0.3 is 5.32 Å². The molecule has 0 atom stereocenters. The number of hydrogen-bond acceptors (Lipinski definition) is 4. The summed E-state index contributed by atoms with van der Waals surface area (Å²) in [5.74, 6) is -0.109. The van der Waals surface area contributed by atoms with Crippen LogP contribution in [0.4, 0.5) is 5.69 Å². The molecule has 1 amide bonds. The van der Waals surface area contributed by atoms with E-state index in [4.69, 9.17) is 23.2 Å². The van der Waals surface area contributed by atoms with Gasteiger partial charge in [-0.3, -0.25) is 4.79 Å². The molecular formula is C16H17Cl2N3OS. The van der Waals surface area contributed by atoms with Crippen LogP contribution in [-0.2, 0) is 11.2 Å². The van der Waals surface area contributed by atoms with Crippen molar-refractivity contribution >= 4 is 46.6 Å². The average molecular weight is 370 g/mol. The van der Waals surface area contributed by atoms with Gasteiger partial charge >= 0.3 is 0 Å². The summed E-state index contributed by atoms with van der Waals surface area (Å²) in [6.07, 6.45) is 2.86. The summed E-state index contributed by atoms with van der Waals surface area (Å²) in [6.45, 7) is 3.88. The topological polar surface area (TPSA) is 54.9 Å². The Morgan fingerprint density at radius 2 is 1.87 bits per heavy atom. The van der Waals surface area contributed by atoms with Gasteiger partial charge in [0, 0.05) is 22.8 Å². The molecule has 0 saturated heterocycles. The lowest BCUT2D eigenvalue weighted by atomic mass is 10.1. The molecule has 0 unspecified atom stereocenters. The fraction of sp³-hybridized carbons (Fsp3) is 0.312. The third-order valence-electron chi connectivity index (χ3n) is 3.39. The van der Waals surface area contributed by atoms with E-state index in [1.54, 1.807) is 18.2 Å². The van der Waals surface area contributed by atoms with E-state index in [2.05, 4.69) is 15.3 Å². The Morgan fingerprint density at radius 3 is 2.43 bits per heavy atom. The van der Waals surface area contributed by atoms with Crippen molar-refractivity contribution in [3.63, 3.8) is 0 Å². The Hall–Kier alpha value is -1.30. The van der Waals surface area contributed by atoms with Crippen molar-refractivity contribution in [2.45, 2.75) is 31.8 Å². The molecule has 1 aromatic heterocycles. The molecule has 1 aromatic carbocycles. The van der Waals surface area contributed by atoms with Gasteiger partial charge in [-0.15, -0.1) is 0 Å². The smallest absolute Gasteiger partial charge is 0.224 e. The minimum absolute atomic E-state index is 0.109. The Morgan fingerprint density at radius 1 is 1.22 bits per heavy atom. The first-order chi connectivity index (χ1) is 10.9. The van der Waals surface area contributed by atoms with E-state index in [-0.39, 0.29) is 5.91 Å². The Balaban J connectivity index is 2.02. The summed E-state index contributed by atoms with van der Waals surface area (Å²) in [5.41, 5.74) is 3.40. The van der Waals surface area contributed by atoms with Crippen molar-refractivity contribution in [1.82, 2.24) is 9.97 Å². The number of halogens is 2. The molecule has 2 rings (SSSR count). The minimum atomic E-state index is -0.109. The van der Waals surface area contributed by atoms with Crippen LogP contribution in [-0.4, -0.2) is 22.1 Å². The van der Waals surface area contributed by atoms with Crippen LogP contribution in [0.5, 0.6) is 0 Å². The van der Waals surface area contributed by atoms with Crippen LogP contribution >= 0.6 is 35.0 Å². The van der Waals surface area contributed by atoms with Crippen LogP contribution in [0, 0.1) is 13.8 Å². The van der Waals surface area contributed by atoms with Gasteiger partial charge in [0.25, 0.3) is 0 Å². The predicted octanol–water partition coefficient (Wildman–Crippen LogP) is 4.69. The number of nitrogens with one attached hydrogen (secondary N) is 1. The van der Waals surface area contributed by atoms with Crippen LogP contribution < -0.4 is 5.32 Å². The van der Waals surface area contributed by atoms with Crippen molar-refractivity contribution in [2.24, 2.45) is 0 Å². The number of carbonyl (C=O) groups is 1. The van der Waals surface area contributed by atoms with Crippen LogP contribution in [0.1, 0.15) is 23.4 Å². The van der Waals surface area contributed by atoms with Crippen molar-refractivity contribution < 1.29 is 4.79 Å². The zero-order valence-electron chi connectivity index (χ0n) is 13.1. The second kappa shape index (κ2) is 7.99. The SMILES string of the molecule is CSc1nc(C)c(CCC(=O)Nc2ccc(Cl)cc2Cl)c(C)n1. The van der Waals surface area contributed by atoms with Gasteiger partial charge in [-0.2, -0.15) is 0 Å². The zero-order valence-corrected chi connectivity index (χ0v) is 15.4. The third-order valence-corrected chi connectivity index (χ3v) is 4.49. The van der Waals surface area contributed by atoms with Gasteiger partial charge in [0.15, 0.2) is 5.16 Å². The first-order valence-corrected chi connectivity index (χ1v) is 9.01. The van der Waals surface area contributed by atoms with E-state index in [9.17, 15) is 4.79 Å². The summed E-state index contributed by atoms with van der Waals surface area (Å²) in [4.78, 5) is 21.0. The Labute approximate surface area is 150 Å². The number of carbonyl (C=O) groups excluding carboxylic acids is 1. The second-order valence-electron chi connectivity index (χ2n) is 5.03. The van der Waals surface area contributed by atoms with E-state index in [0.717, 1.165) is 22.1 Å². The molecule has 1 N–H and O–H groups in total. The normalized spacial score (nSPS) is 10.7. The molecule has 0 aliphatic rings. The van der Waals surface area contributed by atoms with Gasteiger partial charge in [-0.25, -0.2) is 9.97 Å². The molecule has 0 fully saturated rings. The number of rotatable bonds is 5. The van der Waals surface area contributed by atoms with E-state index < -0.39 is 0 Å². The maximum atomic E-state index is 12.1. The molecule has 122 valence electrons. The molecule has 0 bridgehead atoms. The standard InChI is InChI=1S/C16H17Cl2N3OS/c1-9-12(10(2)20-16(19-9)23-3)5-7-15(22)21-14-6-4-11(17)8-13(14)18/h4,6,8H,5,7H2,1-3H3,(H,21,22). The number of aromatic nitrogens is 2. The highest BCUT2D eigenvalue weighted by Gasteiger charge is 2.11. The quantitative estimate of drug-likeness (QED) is 0.613. The molecule has 0 spiro atoms. The van der Waals surface area contributed by atoms with Gasteiger partial charge in [0.1, 0.15) is 0 Å². The summed E-state index contributed by atoms with van der Waals surface area (Å²) in [7, 11) is 0. The maximum absolute atomic E-state index is 12.1. The maximum Gasteiger partial charge on any atom is 0.224 e. The van der Waals surface area contributed by atoms with E-state index >= 15 is 0 Å². The summed E-state index contributed by atoms with van der Waals surface area (Å²) < 4.78 is 0. The van der Waals surface area contributed by atoms with Gasteiger partial charge in [-0.05, 0) is 50.3 Å². The fourth-order valence-corrected chi connectivity index (χ4v) is 3.12. The number of anilines is 1. The van der Waals surface area contributed by atoms with Crippen LogP contribution in [0.2, 0.25) is 10.0 Å². The largest absolute Gasteiger partial charge is 0.325 e. The highest BCUT2D eigenvalue weighted by molar-refractivity contribution is 7.98. The molecule has 0 aliphatic heterocycles. The molecular weight excluding hydrogens is 353 g/mol. The summed E-state index contributed by atoms with van der Waals surface area (Å²) in [5, 5.41) is 4.50. The molecule has 7 heteroatoms. The van der Waals surface area contributed by atoms with E-state index in [0.29, 0.717) is 28.6 Å². The zero-order chi connectivity index (χ0) is 17.0. The van der Waals surface area contributed by atoms with E-state index in [1.807, 2.05) is 20.1 Å². The molecule has 0 radical (unpaired) electrons. The predicted molar refractivity (Wildman–Crippen MR) is 96.7 cm³/mol. The van der Waals surface area contributed by atoms with Gasteiger partial charge in [0.2, 0.25) is 5.91 Å². The number of aryl methyl sites for hydroxylation is 2. The van der Waals surface area contributed by atoms with Crippen LogP contribution in [0.3, 0.4) is 0 Å². The number of thioether (sulfide) groups is 1. The molecule has 1 heterocycles. The van der Waals surface area contributed by atoms with Crippen LogP contribution in [0.25, 0.3) is 0 Å². The lowest BCUT2D eigenvalue weighted by molar-refractivity contribution is -0.116. The molecule has 0 saturated carbocycles. The monoisotopic (exact) mass is 369 g/mol. The Kier molecular flexibility index (Phi) is 6.27. The van der Waals surface area contributed by atoms with Crippen molar-refractivity contribution in [3.8, 4) is 0 Å². The minimum Gasteiger partial charge on any atom is -0.325 e. The summed E-state index contributed by atoms with van der Waals surface area (Å²) >= 11 is 13.4. The Bertz CT molecular complexity index is 714. The molecule has 2 aromatic rings. The van der Waals surface area contributed by atoms with Gasteiger partial charge in [-0.1, -0.05) is 35.0 Å². The van der Waals surface area contributed by atoms with Crippen molar-refractivity contribution in [3.05, 3.63) is 45.2 Å². The molecule has 23 heavy (non-hydrogen) atoms. The first-order valence-electron chi connectivity index (χ1n) is 7.03. The third kappa shape index (κ3) is 4.83. The van der Waals surface area contributed by atoms with Gasteiger partial charge in [0.05, 0.1) is 10.7 Å². The lowest BCUT2D eigenvalue weighted by Gasteiger charge is -2.11. The lowest BCUT2D eigenvalue weighted by Crippen LogP contribution is -2.14. The number of nitrogens with zero attached hydrogens (tertiary/aromatic N) is 2. The number of amides is 1. The first kappa shape index (κ1) is 18.0. The fourth-order valence-electron chi connectivity index (χ4n) is 2.20.